The van der Waals surface area contributed by atoms with Gasteiger partial charge in [-0.3, -0.25) is 4.79 Å². The lowest BCUT2D eigenvalue weighted by Gasteiger charge is -2.04. The highest BCUT2D eigenvalue weighted by Crippen LogP contribution is 2.47. The highest BCUT2D eigenvalue weighted by atomic mass is 16.5. The van der Waals surface area contributed by atoms with Gasteiger partial charge in [0.2, 0.25) is 5.91 Å². The van der Waals surface area contributed by atoms with E-state index in [1.165, 1.54) is 11.1 Å². The van der Waals surface area contributed by atoms with Crippen molar-refractivity contribution in [3.8, 4) is 5.75 Å². The van der Waals surface area contributed by atoms with Crippen molar-refractivity contribution >= 4 is 11.6 Å². The monoisotopic (exact) mass is 335 g/mol. The summed E-state index contributed by atoms with van der Waals surface area (Å²) in [6, 6.07) is 12.1. The van der Waals surface area contributed by atoms with Crippen LogP contribution in [0.25, 0.3) is 5.65 Å². The third kappa shape index (κ3) is 3.22. The summed E-state index contributed by atoms with van der Waals surface area (Å²) in [4.78, 5) is 16.9. The average Bonchev–Trinajstić information content (AvgIpc) is 3.33. The molecule has 1 amide bonds. The number of aromatic nitrogens is 2. The van der Waals surface area contributed by atoms with Gasteiger partial charge in [-0.05, 0) is 54.7 Å². The van der Waals surface area contributed by atoms with Crippen LogP contribution in [-0.4, -0.2) is 22.4 Å². The van der Waals surface area contributed by atoms with Crippen LogP contribution in [0.15, 0.2) is 48.8 Å². The van der Waals surface area contributed by atoms with Gasteiger partial charge in [0.1, 0.15) is 11.4 Å². The SMILES string of the molecule is COc1ccc([C@H]2C[C@@H]2C(=O)NCc2cn3ccc(C)cc3n2)cc1. The van der Waals surface area contributed by atoms with Gasteiger partial charge in [0.15, 0.2) is 0 Å². The molecule has 128 valence electrons. The summed E-state index contributed by atoms with van der Waals surface area (Å²) in [6.45, 7) is 2.51. The van der Waals surface area contributed by atoms with Gasteiger partial charge >= 0.3 is 0 Å². The topological polar surface area (TPSA) is 55.6 Å². The Morgan fingerprint density at radius 1 is 1.32 bits per heavy atom. The number of nitrogens with zero attached hydrogens (tertiary/aromatic N) is 2. The second kappa shape index (κ2) is 6.24. The van der Waals surface area contributed by atoms with Crippen LogP contribution >= 0.6 is 0 Å². The molecule has 1 fully saturated rings. The maximum absolute atomic E-state index is 12.4. The largest absolute Gasteiger partial charge is 0.497 e. The van der Waals surface area contributed by atoms with E-state index in [-0.39, 0.29) is 11.8 Å². The fraction of sp³-hybridized carbons (Fsp3) is 0.300. The molecule has 0 unspecified atom stereocenters. The summed E-state index contributed by atoms with van der Waals surface area (Å²) in [5, 5.41) is 3.02. The molecular formula is C20H21N3O2. The fourth-order valence-electron chi connectivity index (χ4n) is 3.23. The highest BCUT2D eigenvalue weighted by molar-refractivity contribution is 5.82. The minimum atomic E-state index is 0.0627. The number of carbonyl (C=O) groups excluding carboxylic acids is 1. The van der Waals surface area contributed by atoms with Gasteiger partial charge in [0, 0.05) is 18.3 Å². The molecule has 0 spiro atoms. The molecule has 2 aromatic heterocycles. The lowest BCUT2D eigenvalue weighted by atomic mass is 10.1. The molecule has 5 nitrogen and oxygen atoms in total. The van der Waals surface area contributed by atoms with Crippen LogP contribution in [0, 0.1) is 12.8 Å². The molecule has 3 aromatic rings. The van der Waals surface area contributed by atoms with Crippen LogP contribution in [0.3, 0.4) is 0 Å². The number of methoxy groups -OCH3 is 1. The summed E-state index contributed by atoms with van der Waals surface area (Å²) >= 11 is 0. The molecule has 4 rings (SSSR count). The maximum atomic E-state index is 12.4. The molecule has 1 N–H and O–H groups in total. The van der Waals surface area contributed by atoms with Gasteiger partial charge in [0.25, 0.3) is 0 Å². The molecule has 0 bridgehead atoms. The minimum absolute atomic E-state index is 0.0627. The molecule has 2 atom stereocenters. The van der Waals surface area contributed by atoms with Crippen LogP contribution < -0.4 is 10.1 Å². The van der Waals surface area contributed by atoms with E-state index in [0.29, 0.717) is 12.5 Å². The number of amides is 1. The van der Waals surface area contributed by atoms with E-state index in [2.05, 4.69) is 10.3 Å². The zero-order chi connectivity index (χ0) is 17.4. The van der Waals surface area contributed by atoms with Gasteiger partial charge in [0.05, 0.1) is 19.3 Å². The lowest BCUT2D eigenvalue weighted by molar-refractivity contribution is -0.122. The van der Waals surface area contributed by atoms with Gasteiger partial charge in [-0.25, -0.2) is 4.98 Å². The van der Waals surface area contributed by atoms with Gasteiger partial charge in [-0.15, -0.1) is 0 Å². The number of pyridine rings is 1. The Labute approximate surface area is 146 Å². The first-order chi connectivity index (χ1) is 12.1. The number of ether oxygens (including phenoxy) is 1. The number of rotatable bonds is 5. The Balaban J connectivity index is 1.36. The molecule has 0 aliphatic heterocycles. The zero-order valence-electron chi connectivity index (χ0n) is 14.4. The van der Waals surface area contributed by atoms with Crippen LogP contribution in [0.5, 0.6) is 5.75 Å². The molecule has 1 saturated carbocycles. The summed E-state index contributed by atoms with van der Waals surface area (Å²) < 4.78 is 7.15. The van der Waals surface area contributed by atoms with Crippen molar-refractivity contribution in [2.75, 3.05) is 7.11 Å². The van der Waals surface area contributed by atoms with Crippen LogP contribution in [0.4, 0.5) is 0 Å². The molecule has 1 aliphatic rings. The van der Waals surface area contributed by atoms with Crippen molar-refractivity contribution in [1.82, 2.24) is 14.7 Å². The summed E-state index contributed by atoms with van der Waals surface area (Å²) in [5.41, 5.74) is 4.16. The Morgan fingerprint density at radius 2 is 2.12 bits per heavy atom. The predicted molar refractivity (Wildman–Crippen MR) is 95.6 cm³/mol. The fourth-order valence-corrected chi connectivity index (χ4v) is 3.23. The summed E-state index contributed by atoms with van der Waals surface area (Å²) in [7, 11) is 1.66. The molecule has 0 radical (unpaired) electrons. The van der Waals surface area contributed by atoms with Gasteiger partial charge in [-0.1, -0.05) is 12.1 Å². The number of hydrogen-bond donors (Lipinski definition) is 1. The highest BCUT2D eigenvalue weighted by Gasteiger charge is 2.43. The lowest BCUT2D eigenvalue weighted by Crippen LogP contribution is -2.25. The number of aryl methyl sites for hydroxylation is 1. The molecule has 5 heteroatoms. The van der Waals surface area contributed by atoms with E-state index in [0.717, 1.165) is 23.5 Å². The molecule has 1 aliphatic carbocycles. The zero-order valence-corrected chi connectivity index (χ0v) is 14.4. The maximum Gasteiger partial charge on any atom is 0.224 e. The van der Waals surface area contributed by atoms with E-state index in [1.807, 2.05) is 60.1 Å². The Hall–Kier alpha value is -2.82. The van der Waals surface area contributed by atoms with Gasteiger partial charge < -0.3 is 14.5 Å². The van der Waals surface area contributed by atoms with E-state index < -0.39 is 0 Å². The van der Waals surface area contributed by atoms with Gasteiger partial charge in [-0.2, -0.15) is 0 Å². The first kappa shape index (κ1) is 15.7. The molecule has 0 saturated heterocycles. The standard InChI is InChI=1S/C20H21N3O2/c1-13-7-8-23-12-15(22-19(23)9-13)11-21-20(24)18-10-17(18)14-3-5-16(25-2)6-4-14/h3-9,12,17-18H,10-11H2,1-2H3,(H,21,24)/t17-,18+/m1/s1. The summed E-state index contributed by atoms with van der Waals surface area (Å²) in [6.07, 6.45) is 4.86. The first-order valence-corrected chi connectivity index (χ1v) is 8.50. The molecule has 2 heterocycles. The van der Waals surface area contributed by atoms with Crippen molar-refractivity contribution in [1.29, 1.82) is 0 Å². The number of nitrogens with one attached hydrogen (secondary N) is 1. The van der Waals surface area contributed by atoms with Crippen LogP contribution in [-0.2, 0) is 11.3 Å². The van der Waals surface area contributed by atoms with E-state index in [4.69, 9.17) is 4.74 Å². The number of benzene rings is 1. The second-order valence-corrected chi connectivity index (χ2v) is 6.64. The van der Waals surface area contributed by atoms with Crippen molar-refractivity contribution in [3.63, 3.8) is 0 Å². The summed E-state index contributed by atoms with van der Waals surface area (Å²) in [5.74, 6) is 1.32. The van der Waals surface area contributed by atoms with Crippen LogP contribution in [0.2, 0.25) is 0 Å². The number of hydrogen-bond acceptors (Lipinski definition) is 3. The number of imidazole rings is 1. The van der Waals surface area contributed by atoms with E-state index >= 15 is 0 Å². The van der Waals surface area contributed by atoms with Crippen LogP contribution in [0.1, 0.15) is 29.2 Å². The number of carbonyl (C=O) groups is 1. The van der Waals surface area contributed by atoms with E-state index in [1.54, 1.807) is 7.11 Å². The smallest absolute Gasteiger partial charge is 0.224 e. The third-order valence-corrected chi connectivity index (χ3v) is 4.78. The van der Waals surface area contributed by atoms with E-state index in [9.17, 15) is 4.79 Å². The average molecular weight is 335 g/mol. The minimum Gasteiger partial charge on any atom is -0.497 e. The van der Waals surface area contributed by atoms with Crippen molar-refractivity contribution < 1.29 is 9.53 Å². The molecule has 25 heavy (non-hydrogen) atoms. The number of fused-ring (bicyclic) bond motifs is 1. The molecule has 1 aromatic carbocycles. The third-order valence-electron chi connectivity index (χ3n) is 4.78. The first-order valence-electron chi connectivity index (χ1n) is 8.50. The Bertz CT molecular complexity index is 914. The quantitative estimate of drug-likeness (QED) is 0.779. The Morgan fingerprint density at radius 3 is 2.88 bits per heavy atom. The van der Waals surface area contributed by atoms with Crippen molar-refractivity contribution in [2.24, 2.45) is 5.92 Å². The molecular weight excluding hydrogens is 314 g/mol. The second-order valence-electron chi connectivity index (χ2n) is 6.64. The van der Waals surface area contributed by atoms with Crippen molar-refractivity contribution in [2.45, 2.75) is 25.8 Å². The Kier molecular flexibility index (Phi) is 3.92. The predicted octanol–water partition coefficient (Wildman–Crippen LogP) is 3.07. The normalized spacial score (nSPS) is 19.0. The van der Waals surface area contributed by atoms with Crippen molar-refractivity contribution in [3.05, 3.63) is 65.6 Å².